The highest BCUT2D eigenvalue weighted by atomic mass is 32.2. The second-order valence-corrected chi connectivity index (χ2v) is 9.17. The minimum absolute atomic E-state index is 0.154. The van der Waals surface area contributed by atoms with Crippen molar-refractivity contribution in [1.82, 2.24) is 20.4 Å². The molecule has 0 atom stereocenters. The van der Waals surface area contributed by atoms with Gasteiger partial charge in [0.15, 0.2) is 0 Å². The summed E-state index contributed by atoms with van der Waals surface area (Å²) in [4.78, 5) is 22.7. The number of thioether (sulfide) groups is 2. The largest absolute Gasteiger partial charge is 0.411 e. The van der Waals surface area contributed by atoms with E-state index in [1.807, 2.05) is 12.5 Å². The number of amides is 1. The lowest BCUT2D eigenvalue weighted by Crippen LogP contribution is -2.16. The first-order valence-electron chi connectivity index (χ1n) is 12.1. The number of carbonyl (C=O) groups is 2. The van der Waals surface area contributed by atoms with Gasteiger partial charge < -0.3 is 37.9 Å². The summed E-state index contributed by atoms with van der Waals surface area (Å²) in [5.74, 6) is 0.379. The van der Waals surface area contributed by atoms with E-state index in [0.717, 1.165) is 6.29 Å². The number of rotatable bonds is 20. The van der Waals surface area contributed by atoms with Crippen molar-refractivity contribution >= 4 is 41.4 Å². The summed E-state index contributed by atoms with van der Waals surface area (Å²) in [6, 6.07) is 5.25. The van der Waals surface area contributed by atoms with E-state index in [0.29, 0.717) is 91.7 Å². The second-order valence-electron chi connectivity index (χ2n) is 7.66. The molecule has 0 aliphatic rings. The number of carbonyl (C=O) groups excluding carboxylic acids is 2. The van der Waals surface area contributed by atoms with Gasteiger partial charge >= 0.3 is 0 Å². The summed E-state index contributed by atoms with van der Waals surface area (Å²) < 4.78 is 32.8. The smallest absolute Gasteiger partial charge is 0.276 e. The molecule has 1 N–H and O–H groups in total. The van der Waals surface area contributed by atoms with Crippen molar-refractivity contribution in [3.05, 3.63) is 18.2 Å². The Hall–Kier alpha value is -2.82. The number of ether oxygens (including phenoxy) is 4. The molecule has 0 spiro atoms. The minimum atomic E-state index is -0.228. The Kier molecular flexibility index (Phi) is 13.9. The number of hydrogen-bond donors (Lipinski definition) is 1. The van der Waals surface area contributed by atoms with Crippen LogP contribution in [0, 0.1) is 0 Å². The number of aromatic nitrogens is 4. The molecule has 0 fully saturated rings. The van der Waals surface area contributed by atoms with Gasteiger partial charge in [0.2, 0.25) is 17.7 Å². The summed E-state index contributed by atoms with van der Waals surface area (Å²) in [5, 5.41) is 19.8. The van der Waals surface area contributed by atoms with Gasteiger partial charge in [0.25, 0.3) is 10.4 Å². The van der Waals surface area contributed by atoms with Crippen LogP contribution in [0.3, 0.4) is 0 Å². The van der Waals surface area contributed by atoms with E-state index in [2.05, 4.69) is 25.7 Å². The van der Waals surface area contributed by atoms with Crippen molar-refractivity contribution in [2.45, 2.75) is 23.3 Å². The van der Waals surface area contributed by atoms with E-state index < -0.39 is 0 Å². The van der Waals surface area contributed by atoms with Crippen LogP contribution in [0.1, 0.15) is 12.8 Å². The zero-order valence-electron chi connectivity index (χ0n) is 21.8. The molecule has 0 saturated heterocycles. The number of anilines is 1. The Balaban J connectivity index is 1.41. The standard InChI is InChI=1S/C24H31N5O8S2/c1-38-23-28-26-21(36-23)17-14-18(22-27-29-24(37-22)39-2)16-19(15-17)25-20(31)4-7-33-9-11-35-13-12-34-10-8-32-6-3-5-30/h5,14-16H,3-4,6-13H2,1-2H3,(H,25,31). The molecule has 2 aromatic heterocycles. The van der Waals surface area contributed by atoms with Gasteiger partial charge in [-0.3, -0.25) is 4.79 Å². The Morgan fingerprint density at radius 2 is 1.26 bits per heavy atom. The lowest BCUT2D eigenvalue weighted by molar-refractivity contribution is -0.117. The third-order valence-corrected chi connectivity index (χ3v) is 5.87. The summed E-state index contributed by atoms with van der Waals surface area (Å²) in [7, 11) is 0. The number of hydrogen-bond acceptors (Lipinski definition) is 14. The number of nitrogens with zero attached hydrogens (tertiary/aromatic N) is 4. The average molecular weight is 582 g/mol. The van der Waals surface area contributed by atoms with Gasteiger partial charge in [-0.25, -0.2) is 0 Å². The molecular weight excluding hydrogens is 550 g/mol. The molecule has 0 radical (unpaired) electrons. The quantitative estimate of drug-likeness (QED) is 0.118. The molecule has 1 amide bonds. The van der Waals surface area contributed by atoms with Crippen LogP contribution in [-0.4, -0.2) is 98.0 Å². The first-order valence-corrected chi connectivity index (χ1v) is 14.5. The first kappa shape index (κ1) is 30.7. The Bertz CT molecular complexity index is 1100. The van der Waals surface area contributed by atoms with Gasteiger partial charge in [-0.05, 0) is 30.7 Å². The van der Waals surface area contributed by atoms with E-state index in [-0.39, 0.29) is 18.9 Å². The van der Waals surface area contributed by atoms with Crippen LogP contribution in [0.15, 0.2) is 37.5 Å². The summed E-state index contributed by atoms with van der Waals surface area (Å²) >= 11 is 2.67. The lowest BCUT2D eigenvalue weighted by Gasteiger charge is -2.09. The Morgan fingerprint density at radius 3 is 1.72 bits per heavy atom. The highest BCUT2D eigenvalue weighted by Gasteiger charge is 2.16. The Labute approximate surface area is 234 Å². The zero-order valence-corrected chi connectivity index (χ0v) is 23.4. The van der Waals surface area contributed by atoms with Crippen LogP contribution in [0.25, 0.3) is 22.9 Å². The van der Waals surface area contributed by atoms with Crippen LogP contribution in [0.4, 0.5) is 5.69 Å². The van der Waals surface area contributed by atoms with Gasteiger partial charge in [0, 0.05) is 23.2 Å². The number of benzene rings is 1. The van der Waals surface area contributed by atoms with Crippen molar-refractivity contribution < 1.29 is 37.4 Å². The highest BCUT2D eigenvalue weighted by Crippen LogP contribution is 2.31. The number of nitrogens with one attached hydrogen (secondary N) is 1. The van der Waals surface area contributed by atoms with Gasteiger partial charge in [-0.15, -0.1) is 20.4 Å². The third-order valence-electron chi connectivity index (χ3n) is 4.84. The van der Waals surface area contributed by atoms with Gasteiger partial charge in [0.05, 0.1) is 59.3 Å². The van der Waals surface area contributed by atoms with Crippen molar-refractivity contribution in [1.29, 1.82) is 0 Å². The molecule has 3 rings (SSSR count). The summed E-state index contributed by atoms with van der Waals surface area (Å²) in [6.45, 7) is 3.12. The van der Waals surface area contributed by atoms with Gasteiger partial charge in [-0.2, -0.15) is 0 Å². The fourth-order valence-corrected chi connectivity index (χ4v) is 3.62. The molecule has 15 heteroatoms. The molecule has 1 aromatic carbocycles. The van der Waals surface area contributed by atoms with Gasteiger partial charge in [-0.1, -0.05) is 23.5 Å². The van der Waals surface area contributed by atoms with E-state index in [1.54, 1.807) is 18.2 Å². The Morgan fingerprint density at radius 1 is 0.769 bits per heavy atom. The van der Waals surface area contributed by atoms with E-state index in [1.165, 1.54) is 23.5 Å². The third kappa shape index (κ3) is 11.1. The summed E-state index contributed by atoms with van der Waals surface area (Å²) in [5.41, 5.74) is 1.71. The number of aldehydes is 1. The molecule has 0 aliphatic heterocycles. The van der Waals surface area contributed by atoms with Crippen LogP contribution >= 0.6 is 23.5 Å². The van der Waals surface area contributed by atoms with Crippen molar-refractivity contribution in [2.24, 2.45) is 0 Å². The van der Waals surface area contributed by atoms with Crippen LogP contribution in [-0.2, 0) is 28.5 Å². The molecule has 13 nitrogen and oxygen atoms in total. The lowest BCUT2D eigenvalue weighted by atomic mass is 10.1. The predicted molar refractivity (Wildman–Crippen MR) is 144 cm³/mol. The molecule has 0 saturated carbocycles. The van der Waals surface area contributed by atoms with Gasteiger partial charge in [0.1, 0.15) is 6.29 Å². The second kappa shape index (κ2) is 17.7. The molecule has 2 heterocycles. The fraction of sp³-hybridized carbons (Fsp3) is 0.500. The summed E-state index contributed by atoms with van der Waals surface area (Å²) in [6.07, 6.45) is 5.03. The van der Waals surface area contributed by atoms with E-state index in [9.17, 15) is 9.59 Å². The molecule has 3 aromatic rings. The highest BCUT2D eigenvalue weighted by molar-refractivity contribution is 7.98. The molecule has 0 bridgehead atoms. The topological polar surface area (TPSA) is 161 Å². The zero-order chi connectivity index (χ0) is 27.7. The predicted octanol–water partition coefficient (Wildman–Crippen LogP) is 3.21. The maximum absolute atomic E-state index is 12.6. The molecule has 212 valence electrons. The molecule has 0 unspecified atom stereocenters. The van der Waals surface area contributed by atoms with Crippen LogP contribution < -0.4 is 5.32 Å². The average Bonchev–Trinajstić information content (AvgIpc) is 3.63. The molecular formula is C24H31N5O8S2. The van der Waals surface area contributed by atoms with E-state index >= 15 is 0 Å². The first-order chi connectivity index (χ1) is 19.1. The molecule has 39 heavy (non-hydrogen) atoms. The maximum Gasteiger partial charge on any atom is 0.276 e. The van der Waals surface area contributed by atoms with Crippen molar-refractivity contribution in [2.75, 3.05) is 70.7 Å². The SMILES string of the molecule is CSc1nnc(-c2cc(NC(=O)CCOCCOCCOCCOCCC=O)cc(-c3nnc(SC)o3)c2)o1. The van der Waals surface area contributed by atoms with Crippen molar-refractivity contribution in [3.63, 3.8) is 0 Å². The van der Waals surface area contributed by atoms with Crippen LogP contribution in [0.2, 0.25) is 0 Å². The fourth-order valence-electron chi connectivity index (χ4n) is 3.05. The van der Waals surface area contributed by atoms with E-state index in [4.69, 9.17) is 27.8 Å². The maximum atomic E-state index is 12.6. The molecule has 0 aliphatic carbocycles. The van der Waals surface area contributed by atoms with Crippen molar-refractivity contribution in [3.8, 4) is 22.9 Å². The van der Waals surface area contributed by atoms with Crippen LogP contribution in [0.5, 0.6) is 0 Å². The monoisotopic (exact) mass is 581 g/mol. The minimum Gasteiger partial charge on any atom is -0.411 e. The normalized spacial score (nSPS) is 11.1.